The molecule has 2 saturated heterocycles. The van der Waals surface area contributed by atoms with E-state index in [9.17, 15) is 16.8 Å². The summed E-state index contributed by atoms with van der Waals surface area (Å²) in [6.45, 7) is 6.48. The van der Waals surface area contributed by atoms with Crippen LogP contribution in [0.2, 0.25) is 0 Å². The van der Waals surface area contributed by atoms with Gasteiger partial charge in [0.05, 0.1) is 16.4 Å². The minimum atomic E-state index is -3.48. The van der Waals surface area contributed by atoms with Crippen molar-refractivity contribution in [3.05, 3.63) is 28.8 Å². The van der Waals surface area contributed by atoms with Crippen LogP contribution in [-0.4, -0.2) is 45.7 Å². The number of sulfone groups is 1. The van der Waals surface area contributed by atoms with Gasteiger partial charge in [-0.25, -0.2) is 16.8 Å². The van der Waals surface area contributed by atoms with Crippen molar-refractivity contribution in [2.45, 2.75) is 25.7 Å². The maximum absolute atomic E-state index is 12.8. The first kappa shape index (κ1) is 16.0. The van der Waals surface area contributed by atoms with Crippen LogP contribution < -0.4 is 0 Å². The fourth-order valence-corrected chi connectivity index (χ4v) is 7.26. The van der Waals surface area contributed by atoms with E-state index in [1.807, 2.05) is 32.9 Å². The first-order valence-electron chi connectivity index (χ1n) is 7.38. The van der Waals surface area contributed by atoms with Crippen molar-refractivity contribution in [2.75, 3.05) is 24.6 Å². The van der Waals surface area contributed by atoms with Gasteiger partial charge >= 0.3 is 0 Å². The van der Waals surface area contributed by atoms with Crippen LogP contribution >= 0.6 is 0 Å². The molecule has 1 aromatic carbocycles. The lowest BCUT2D eigenvalue weighted by atomic mass is 9.90. The third kappa shape index (κ3) is 2.59. The lowest BCUT2D eigenvalue weighted by Crippen LogP contribution is -2.57. The molecule has 2 aliphatic rings. The van der Waals surface area contributed by atoms with Crippen LogP contribution in [0.5, 0.6) is 0 Å². The molecule has 0 unspecified atom stereocenters. The van der Waals surface area contributed by atoms with Crippen molar-refractivity contribution < 1.29 is 16.8 Å². The van der Waals surface area contributed by atoms with E-state index in [0.717, 1.165) is 16.7 Å². The predicted octanol–water partition coefficient (Wildman–Crippen LogP) is 1.28. The molecule has 0 aliphatic carbocycles. The number of nitrogens with zero attached hydrogens (tertiary/aromatic N) is 1. The molecule has 0 atom stereocenters. The summed E-state index contributed by atoms with van der Waals surface area (Å²) in [4.78, 5) is 0.401. The Morgan fingerprint density at radius 2 is 1.50 bits per heavy atom. The van der Waals surface area contributed by atoms with Gasteiger partial charge in [0.2, 0.25) is 10.0 Å². The molecule has 0 bridgehead atoms. The number of aryl methyl sites for hydroxylation is 3. The molecule has 2 fully saturated rings. The van der Waals surface area contributed by atoms with Gasteiger partial charge in [-0.15, -0.1) is 0 Å². The minimum Gasteiger partial charge on any atom is -0.229 e. The van der Waals surface area contributed by atoms with Crippen molar-refractivity contribution in [1.29, 1.82) is 0 Å². The third-order valence-electron chi connectivity index (χ3n) is 4.68. The second-order valence-electron chi connectivity index (χ2n) is 6.65. The van der Waals surface area contributed by atoms with Crippen molar-refractivity contribution in [1.82, 2.24) is 4.31 Å². The highest BCUT2D eigenvalue weighted by Crippen LogP contribution is 2.36. The van der Waals surface area contributed by atoms with E-state index in [1.165, 1.54) is 4.31 Å². The smallest absolute Gasteiger partial charge is 0.229 e. The van der Waals surface area contributed by atoms with E-state index in [4.69, 9.17) is 0 Å². The van der Waals surface area contributed by atoms with E-state index in [0.29, 0.717) is 18.0 Å². The molecule has 2 heterocycles. The van der Waals surface area contributed by atoms with Gasteiger partial charge < -0.3 is 0 Å². The Hall–Kier alpha value is -0.920. The average molecular weight is 343 g/mol. The van der Waals surface area contributed by atoms with Gasteiger partial charge in [-0.1, -0.05) is 17.7 Å². The number of rotatable bonds is 3. The predicted molar refractivity (Wildman–Crippen MR) is 85.0 cm³/mol. The molecule has 3 rings (SSSR count). The molecule has 0 amide bonds. The van der Waals surface area contributed by atoms with E-state index in [-0.39, 0.29) is 23.3 Å². The molecular weight excluding hydrogens is 322 g/mol. The summed E-state index contributed by atoms with van der Waals surface area (Å²) in [5.41, 5.74) is 2.59. The lowest BCUT2D eigenvalue weighted by molar-refractivity contribution is 0.148. The highest BCUT2D eigenvalue weighted by molar-refractivity contribution is 7.92. The summed E-state index contributed by atoms with van der Waals surface area (Å²) in [6.07, 6.45) is 0. The zero-order chi connectivity index (χ0) is 16.3. The molecule has 1 aromatic rings. The summed E-state index contributed by atoms with van der Waals surface area (Å²) in [5, 5.41) is 0. The van der Waals surface area contributed by atoms with Gasteiger partial charge in [-0.3, -0.25) is 0 Å². The van der Waals surface area contributed by atoms with E-state index in [2.05, 4.69) is 0 Å². The van der Waals surface area contributed by atoms with Crippen LogP contribution in [0, 0.1) is 32.6 Å². The summed E-state index contributed by atoms with van der Waals surface area (Å²) in [7, 11) is -6.32. The van der Waals surface area contributed by atoms with Crippen molar-refractivity contribution >= 4 is 19.9 Å². The molecule has 0 aromatic heterocycles. The van der Waals surface area contributed by atoms with Crippen molar-refractivity contribution in [3.8, 4) is 0 Å². The van der Waals surface area contributed by atoms with Crippen molar-refractivity contribution in [3.63, 3.8) is 0 Å². The molecule has 0 N–H and O–H groups in total. The van der Waals surface area contributed by atoms with Crippen LogP contribution in [0.3, 0.4) is 0 Å². The topological polar surface area (TPSA) is 71.5 Å². The second-order valence-corrected chi connectivity index (χ2v) is 10.7. The quantitative estimate of drug-likeness (QED) is 0.829. The number of hydrogen-bond donors (Lipinski definition) is 0. The van der Waals surface area contributed by atoms with Gasteiger partial charge in [0.15, 0.2) is 9.84 Å². The fraction of sp³-hybridized carbons (Fsp3) is 0.600. The first-order valence-corrected chi connectivity index (χ1v) is 10.6. The Morgan fingerprint density at radius 1 is 1.00 bits per heavy atom. The molecule has 2 aliphatic heterocycles. The van der Waals surface area contributed by atoms with E-state index in [1.54, 1.807) is 0 Å². The summed E-state index contributed by atoms with van der Waals surface area (Å²) >= 11 is 0. The Kier molecular flexibility index (Phi) is 3.66. The van der Waals surface area contributed by atoms with Crippen LogP contribution in [0.15, 0.2) is 17.0 Å². The molecule has 0 spiro atoms. The fourth-order valence-electron chi connectivity index (χ4n) is 3.54. The average Bonchev–Trinajstić information content (AvgIpc) is 2.21. The monoisotopic (exact) mass is 343 g/mol. The van der Waals surface area contributed by atoms with Gasteiger partial charge in [0.1, 0.15) is 0 Å². The zero-order valence-electron chi connectivity index (χ0n) is 13.0. The Morgan fingerprint density at radius 3 is 1.95 bits per heavy atom. The maximum Gasteiger partial charge on any atom is 0.243 e. The lowest BCUT2D eigenvalue weighted by Gasteiger charge is -2.45. The van der Waals surface area contributed by atoms with Crippen LogP contribution in [0.4, 0.5) is 0 Å². The third-order valence-corrected chi connectivity index (χ3v) is 8.69. The number of sulfonamides is 1. The van der Waals surface area contributed by atoms with E-state index < -0.39 is 19.9 Å². The highest BCUT2D eigenvalue weighted by atomic mass is 32.2. The van der Waals surface area contributed by atoms with E-state index >= 15 is 0 Å². The molecule has 0 radical (unpaired) electrons. The minimum absolute atomic E-state index is 0.136. The van der Waals surface area contributed by atoms with Gasteiger partial charge in [0.25, 0.3) is 0 Å². The van der Waals surface area contributed by atoms with Crippen LogP contribution in [0.1, 0.15) is 16.7 Å². The summed E-state index contributed by atoms with van der Waals surface area (Å²) in [6, 6.07) is 3.77. The van der Waals surface area contributed by atoms with Crippen LogP contribution in [0.25, 0.3) is 0 Å². The second kappa shape index (κ2) is 5.04. The summed E-state index contributed by atoms with van der Waals surface area (Å²) < 4.78 is 49.5. The van der Waals surface area contributed by atoms with Crippen molar-refractivity contribution in [2.24, 2.45) is 11.8 Å². The Labute approximate surface area is 132 Å². The normalized spacial score (nSPS) is 23.0. The molecule has 7 heteroatoms. The summed E-state index contributed by atoms with van der Waals surface area (Å²) in [5.74, 6) is 0.753. The highest BCUT2D eigenvalue weighted by Gasteiger charge is 2.47. The Bertz CT molecular complexity index is 786. The van der Waals surface area contributed by atoms with Gasteiger partial charge in [-0.2, -0.15) is 4.31 Å². The molecule has 22 heavy (non-hydrogen) atoms. The molecule has 5 nitrogen and oxygen atoms in total. The van der Waals surface area contributed by atoms with Gasteiger partial charge in [-0.05, 0) is 43.7 Å². The number of hydrogen-bond acceptors (Lipinski definition) is 4. The zero-order valence-corrected chi connectivity index (χ0v) is 14.7. The maximum atomic E-state index is 12.8. The molecule has 0 saturated carbocycles. The molecule has 122 valence electrons. The largest absolute Gasteiger partial charge is 0.243 e. The van der Waals surface area contributed by atoms with Gasteiger partial charge in [0, 0.05) is 13.1 Å². The van der Waals surface area contributed by atoms with Crippen LogP contribution in [-0.2, 0) is 19.9 Å². The Balaban J connectivity index is 1.76. The molecular formula is C15H21NO4S2. The number of benzene rings is 1. The standard InChI is InChI=1S/C15H21NO4S2/c1-10-4-11(2)15(12(3)5-10)22(19,20)16-6-13(7-16)14-8-21(17,18)9-14/h4-5,13-14H,6-9H2,1-3H3. The SMILES string of the molecule is Cc1cc(C)c(S(=O)(=O)N2CC(C3CS(=O)(=O)C3)C2)c(C)c1. The first-order chi connectivity index (χ1) is 10.1.